The van der Waals surface area contributed by atoms with Crippen LogP contribution in [0.25, 0.3) is 0 Å². The second-order valence-electron chi connectivity index (χ2n) is 6.13. The second kappa shape index (κ2) is 7.25. The number of hydrogen-bond acceptors (Lipinski definition) is 3. The number of aliphatic carboxylic acids is 1. The highest BCUT2D eigenvalue weighted by Crippen LogP contribution is 2.40. The summed E-state index contributed by atoms with van der Waals surface area (Å²) in [5.74, 6) is -1.01. The predicted molar refractivity (Wildman–Crippen MR) is 89.9 cm³/mol. The van der Waals surface area contributed by atoms with E-state index < -0.39 is 29.8 Å². The van der Waals surface area contributed by atoms with Crippen molar-refractivity contribution < 1.29 is 23.1 Å². The minimum atomic E-state index is -4.52. The van der Waals surface area contributed by atoms with Crippen molar-refractivity contribution in [2.45, 2.75) is 31.1 Å². The summed E-state index contributed by atoms with van der Waals surface area (Å²) in [6.45, 7) is 0.435. The standard InChI is InChI=1S/C18H16ClF3N2O2/c19-13-7-6-11(18(20,21)22)10-12(13)16(14-4-1-2-8-23-14)24-9-3-5-15(24)17(25)26/h1-2,4,6-8,10,15-16H,3,5,9H2,(H,25,26). The molecular formula is C18H16ClF3N2O2. The van der Waals surface area contributed by atoms with E-state index in [0.29, 0.717) is 25.1 Å². The second-order valence-corrected chi connectivity index (χ2v) is 6.53. The zero-order valence-corrected chi connectivity index (χ0v) is 14.3. The summed E-state index contributed by atoms with van der Waals surface area (Å²) in [5.41, 5.74) is -0.167. The van der Waals surface area contributed by atoms with Crippen molar-refractivity contribution in [1.29, 1.82) is 0 Å². The SMILES string of the molecule is O=C(O)C1CCCN1C(c1ccccn1)c1cc(C(F)(F)F)ccc1Cl. The third-order valence-corrected chi connectivity index (χ3v) is 4.84. The number of carbonyl (C=O) groups is 1. The van der Waals surface area contributed by atoms with Crippen LogP contribution in [-0.2, 0) is 11.0 Å². The van der Waals surface area contributed by atoms with Gasteiger partial charge in [0, 0.05) is 17.8 Å². The summed E-state index contributed by atoms with van der Waals surface area (Å²) < 4.78 is 39.5. The molecule has 26 heavy (non-hydrogen) atoms. The first-order valence-corrected chi connectivity index (χ1v) is 8.43. The molecule has 1 aliphatic heterocycles. The van der Waals surface area contributed by atoms with E-state index >= 15 is 0 Å². The molecule has 2 unspecified atom stereocenters. The molecule has 1 aliphatic rings. The van der Waals surface area contributed by atoms with Crippen LogP contribution in [0.15, 0.2) is 42.6 Å². The van der Waals surface area contributed by atoms with E-state index in [2.05, 4.69) is 4.98 Å². The number of likely N-dealkylation sites (tertiary alicyclic amines) is 1. The molecule has 1 saturated heterocycles. The Hall–Kier alpha value is -2.12. The fourth-order valence-corrected chi connectivity index (χ4v) is 3.56. The van der Waals surface area contributed by atoms with Gasteiger partial charge in [-0.15, -0.1) is 0 Å². The van der Waals surface area contributed by atoms with E-state index in [1.807, 2.05) is 0 Å². The Kier molecular flexibility index (Phi) is 5.20. The molecule has 2 aromatic rings. The number of benzene rings is 1. The Morgan fingerprint density at radius 1 is 1.31 bits per heavy atom. The lowest BCUT2D eigenvalue weighted by molar-refractivity contribution is -0.143. The van der Waals surface area contributed by atoms with E-state index in [0.717, 1.165) is 12.1 Å². The summed E-state index contributed by atoms with van der Waals surface area (Å²) in [4.78, 5) is 17.5. The molecule has 0 aliphatic carbocycles. The number of hydrogen-bond donors (Lipinski definition) is 1. The smallest absolute Gasteiger partial charge is 0.416 e. The van der Waals surface area contributed by atoms with Gasteiger partial charge in [0.1, 0.15) is 6.04 Å². The molecule has 1 fully saturated rings. The van der Waals surface area contributed by atoms with E-state index in [4.69, 9.17) is 11.6 Å². The van der Waals surface area contributed by atoms with Crippen LogP contribution in [0.1, 0.15) is 35.7 Å². The average molecular weight is 385 g/mol. The first-order valence-electron chi connectivity index (χ1n) is 8.05. The molecular weight excluding hydrogens is 369 g/mol. The highest BCUT2D eigenvalue weighted by molar-refractivity contribution is 6.31. The highest BCUT2D eigenvalue weighted by Gasteiger charge is 2.39. The quantitative estimate of drug-likeness (QED) is 0.849. The van der Waals surface area contributed by atoms with Crippen molar-refractivity contribution in [2.75, 3.05) is 6.54 Å². The van der Waals surface area contributed by atoms with E-state index in [-0.39, 0.29) is 10.6 Å². The summed E-state index contributed by atoms with van der Waals surface area (Å²) in [5, 5.41) is 9.65. The van der Waals surface area contributed by atoms with Gasteiger partial charge in [-0.25, -0.2) is 0 Å². The van der Waals surface area contributed by atoms with Crippen LogP contribution in [0.4, 0.5) is 13.2 Å². The first kappa shape index (κ1) is 18.7. The minimum Gasteiger partial charge on any atom is -0.480 e. The lowest BCUT2D eigenvalue weighted by Crippen LogP contribution is -2.39. The van der Waals surface area contributed by atoms with Crippen molar-refractivity contribution >= 4 is 17.6 Å². The summed E-state index contributed by atoms with van der Waals surface area (Å²) in [6, 6.07) is 6.59. The van der Waals surface area contributed by atoms with E-state index in [1.165, 1.54) is 12.3 Å². The molecule has 3 rings (SSSR count). The third-order valence-electron chi connectivity index (χ3n) is 4.50. The zero-order valence-electron chi connectivity index (χ0n) is 13.6. The van der Waals surface area contributed by atoms with Crippen LogP contribution in [0, 0.1) is 0 Å². The summed E-state index contributed by atoms with van der Waals surface area (Å²) in [7, 11) is 0. The normalized spacial score (nSPS) is 19.5. The molecule has 0 radical (unpaired) electrons. The maximum Gasteiger partial charge on any atom is 0.416 e. The van der Waals surface area contributed by atoms with Gasteiger partial charge in [-0.2, -0.15) is 13.2 Å². The van der Waals surface area contributed by atoms with Gasteiger partial charge < -0.3 is 5.11 Å². The molecule has 2 heterocycles. The number of carboxylic acid groups (broad SMARTS) is 1. The molecule has 1 N–H and O–H groups in total. The Morgan fingerprint density at radius 3 is 2.69 bits per heavy atom. The van der Waals surface area contributed by atoms with Crippen LogP contribution in [-0.4, -0.2) is 33.5 Å². The van der Waals surface area contributed by atoms with Crippen molar-refractivity contribution in [1.82, 2.24) is 9.88 Å². The summed E-state index contributed by atoms with van der Waals surface area (Å²) in [6.07, 6.45) is -1.94. The molecule has 1 aromatic heterocycles. The number of carboxylic acids is 1. The van der Waals surface area contributed by atoms with Crippen molar-refractivity contribution in [3.8, 4) is 0 Å². The zero-order chi connectivity index (χ0) is 18.9. The van der Waals surface area contributed by atoms with Crippen molar-refractivity contribution in [2.24, 2.45) is 0 Å². The molecule has 2 atom stereocenters. The molecule has 1 aromatic carbocycles. The van der Waals surface area contributed by atoms with Gasteiger partial charge in [0.25, 0.3) is 0 Å². The Morgan fingerprint density at radius 2 is 2.08 bits per heavy atom. The van der Waals surface area contributed by atoms with Gasteiger partial charge in [-0.3, -0.25) is 14.7 Å². The third kappa shape index (κ3) is 3.68. The monoisotopic (exact) mass is 384 g/mol. The number of pyridine rings is 1. The van der Waals surface area contributed by atoms with Gasteiger partial charge >= 0.3 is 12.1 Å². The van der Waals surface area contributed by atoms with Crippen molar-refractivity contribution in [3.63, 3.8) is 0 Å². The molecule has 0 spiro atoms. The topological polar surface area (TPSA) is 53.4 Å². The van der Waals surface area contributed by atoms with E-state index in [9.17, 15) is 23.1 Å². The molecule has 8 heteroatoms. The number of rotatable bonds is 4. The molecule has 0 amide bonds. The number of halogens is 4. The number of nitrogens with zero attached hydrogens (tertiary/aromatic N) is 2. The Bertz CT molecular complexity index is 799. The van der Waals surface area contributed by atoms with E-state index in [1.54, 1.807) is 23.1 Å². The lowest BCUT2D eigenvalue weighted by Gasteiger charge is -2.32. The van der Waals surface area contributed by atoms with Crippen LogP contribution in [0.3, 0.4) is 0 Å². The minimum absolute atomic E-state index is 0.143. The van der Waals surface area contributed by atoms with Gasteiger partial charge in [0.2, 0.25) is 0 Å². The largest absolute Gasteiger partial charge is 0.480 e. The van der Waals surface area contributed by atoms with Gasteiger partial charge in [-0.05, 0) is 48.7 Å². The Labute approximate surface area is 153 Å². The van der Waals surface area contributed by atoms with Crippen LogP contribution < -0.4 is 0 Å². The number of aromatic nitrogens is 1. The summed E-state index contributed by atoms with van der Waals surface area (Å²) >= 11 is 6.23. The predicted octanol–water partition coefficient (Wildman–Crippen LogP) is 4.39. The molecule has 4 nitrogen and oxygen atoms in total. The molecule has 0 bridgehead atoms. The highest BCUT2D eigenvalue weighted by atomic mass is 35.5. The van der Waals surface area contributed by atoms with Gasteiger partial charge in [0.15, 0.2) is 0 Å². The number of alkyl halides is 3. The van der Waals surface area contributed by atoms with Crippen molar-refractivity contribution in [3.05, 3.63) is 64.4 Å². The lowest BCUT2D eigenvalue weighted by atomic mass is 9.98. The van der Waals surface area contributed by atoms with Gasteiger partial charge in [-0.1, -0.05) is 17.7 Å². The molecule has 0 saturated carbocycles. The fraction of sp³-hybridized carbons (Fsp3) is 0.333. The Balaban J connectivity index is 2.15. The van der Waals surface area contributed by atoms with Crippen LogP contribution in [0.2, 0.25) is 5.02 Å². The fourth-order valence-electron chi connectivity index (χ4n) is 3.34. The maximum absolute atomic E-state index is 13.2. The molecule has 138 valence electrons. The first-order chi connectivity index (χ1) is 12.3. The van der Waals surface area contributed by atoms with Crippen LogP contribution >= 0.6 is 11.6 Å². The average Bonchev–Trinajstić information content (AvgIpc) is 3.06. The maximum atomic E-state index is 13.2. The van der Waals surface area contributed by atoms with Gasteiger partial charge in [0.05, 0.1) is 17.3 Å². The van der Waals surface area contributed by atoms with Crippen LogP contribution in [0.5, 0.6) is 0 Å².